The molecule has 1 N–H and O–H groups in total. The molecule has 0 aliphatic heterocycles. The highest BCUT2D eigenvalue weighted by Crippen LogP contribution is 2.26. The van der Waals surface area contributed by atoms with Gasteiger partial charge in [-0.3, -0.25) is 0 Å². The van der Waals surface area contributed by atoms with Gasteiger partial charge in [0.05, 0.1) is 5.69 Å². The van der Waals surface area contributed by atoms with Crippen molar-refractivity contribution in [3.8, 4) is 0 Å². The molecule has 1 aliphatic rings. The summed E-state index contributed by atoms with van der Waals surface area (Å²) in [6.45, 7) is 8.45. The van der Waals surface area contributed by atoms with Crippen molar-refractivity contribution in [2.45, 2.75) is 39.5 Å². The zero-order valence-corrected chi connectivity index (χ0v) is 12.8. The third-order valence-corrected chi connectivity index (χ3v) is 4.24. The van der Waals surface area contributed by atoms with Gasteiger partial charge in [-0.1, -0.05) is 18.9 Å². The summed E-state index contributed by atoms with van der Waals surface area (Å²) < 4.78 is 1.74. The maximum absolute atomic E-state index is 4.59. The molecule has 2 heterocycles. The van der Waals surface area contributed by atoms with E-state index in [4.69, 9.17) is 0 Å². The van der Waals surface area contributed by atoms with E-state index in [1.165, 1.54) is 18.4 Å². The van der Waals surface area contributed by atoms with Gasteiger partial charge < -0.3 is 10.2 Å². The number of aryl methyl sites for hydroxylation is 1. The minimum absolute atomic E-state index is 0.598. The van der Waals surface area contributed by atoms with E-state index in [9.17, 15) is 0 Å². The predicted molar refractivity (Wildman–Crippen MR) is 81.5 cm³/mol. The standard InChI is InChI=1S/C14H23N7/c1-3-20(4-2)10-9-15-13-11-7-5-6-8-12(11)16-14-17-18-19-21(13)14/h15H,3-10H2,1-2H3. The average Bonchev–Trinajstić information content (AvgIpc) is 2.98. The van der Waals surface area contributed by atoms with Crippen LogP contribution in [0.1, 0.15) is 37.9 Å². The van der Waals surface area contributed by atoms with Crippen molar-refractivity contribution >= 4 is 11.6 Å². The Balaban J connectivity index is 1.84. The topological polar surface area (TPSA) is 71.2 Å². The number of fused-ring (bicyclic) bond motifs is 2. The number of nitrogens with zero attached hydrogens (tertiary/aromatic N) is 6. The van der Waals surface area contributed by atoms with Crippen LogP contribution in [0.3, 0.4) is 0 Å². The molecular formula is C14H23N7. The van der Waals surface area contributed by atoms with Crippen LogP contribution in [0.2, 0.25) is 0 Å². The van der Waals surface area contributed by atoms with E-state index in [1.54, 1.807) is 4.52 Å². The van der Waals surface area contributed by atoms with Crippen LogP contribution in [0.25, 0.3) is 5.78 Å². The fraction of sp³-hybridized carbons (Fsp3) is 0.714. The summed E-state index contributed by atoms with van der Waals surface area (Å²) in [6.07, 6.45) is 4.51. The second-order valence-electron chi connectivity index (χ2n) is 5.44. The second kappa shape index (κ2) is 6.34. The zero-order chi connectivity index (χ0) is 14.7. The Bertz CT molecular complexity index is 603. The molecule has 7 heteroatoms. The van der Waals surface area contributed by atoms with E-state index >= 15 is 0 Å². The number of rotatable bonds is 6. The van der Waals surface area contributed by atoms with Gasteiger partial charge in [0, 0.05) is 18.7 Å². The van der Waals surface area contributed by atoms with Gasteiger partial charge in [0.1, 0.15) is 5.82 Å². The van der Waals surface area contributed by atoms with Gasteiger partial charge in [-0.05, 0) is 49.2 Å². The molecule has 0 amide bonds. The van der Waals surface area contributed by atoms with Gasteiger partial charge in [-0.25, -0.2) is 4.98 Å². The molecular weight excluding hydrogens is 266 g/mol. The number of anilines is 1. The van der Waals surface area contributed by atoms with E-state index in [-0.39, 0.29) is 0 Å². The molecule has 21 heavy (non-hydrogen) atoms. The van der Waals surface area contributed by atoms with Crippen LogP contribution in [0.15, 0.2) is 0 Å². The lowest BCUT2D eigenvalue weighted by molar-refractivity contribution is 0.316. The number of hydrogen-bond donors (Lipinski definition) is 1. The summed E-state index contributed by atoms with van der Waals surface area (Å²) in [7, 11) is 0. The van der Waals surface area contributed by atoms with Crippen LogP contribution in [0.5, 0.6) is 0 Å². The van der Waals surface area contributed by atoms with Crippen LogP contribution in [-0.4, -0.2) is 56.1 Å². The minimum Gasteiger partial charge on any atom is -0.368 e. The van der Waals surface area contributed by atoms with Crippen molar-refractivity contribution in [3.63, 3.8) is 0 Å². The highest BCUT2D eigenvalue weighted by Gasteiger charge is 2.19. The molecule has 0 spiro atoms. The van der Waals surface area contributed by atoms with Crippen LogP contribution in [0, 0.1) is 0 Å². The second-order valence-corrected chi connectivity index (χ2v) is 5.44. The lowest BCUT2D eigenvalue weighted by Crippen LogP contribution is -2.29. The molecule has 114 valence electrons. The van der Waals surface area contributed by atoms with E-state index in [1.807, 2.05) is 0 Å². The van der Waals surface area contributed by atoms with E-state index < -0.39 is 0 Å². The molecule has 0 aromatic carbocycles. The van der Waals surface area contributed by atoms with Crippen LogP contribution >= 0.6 is 0 Å². The SMILES string of the molecule is CCN(CC)CCNc1c2c(nc3nnnn13)CCCC2. The first-order chi connectivity index (χ1) is 10.3. The minimum atomic E-state index is 0.598. The summed E-state index contributed by atoms with van der Waals surface area (Å²) in [6, 6.07) is 0. The van der Waals surface area contributed by atoms with Crippen molar-refractivity contribution < 1.29 is 0 Å². The maximum atomic E-state index is 4.59. The van der Waals surface area contributed by atoms with Gasteiger partial charge in [-0.15, -0.1) is 0 Å². The van der Waals surface area contributed by atoms with Crippen LogP contribution in [-0.2, 0) is 12.8 Å². The third kappa shape index (κ3) is 2.83. The number of nitrogens with one attached hydrogen (secondary N) is 1. The molecule has 0 saturated carbocycles. The van der Waals surface area contributed by atoms with Crippen molar-refractivity contribution in [3.05, 3.63) is 11.3 Å². The molecule has 0 unspecified atom stereocenters. The molecule has 0 radical (unpaired) electrons. The molecule has 0 bridgehead atoms. The first-order valence-electron chi connectivity index (χ1n) is 7.89. The summed E-state index contributed by atoms with van der Waals surface area (Å²) in [5.41, 5.74) is 2.45. The zero-order valence-electron chi connectivity index (χ0n) is 12.8. The number of aromatic nitrogens is 5. The number of tetrazole rings is 1. The van der Waals surface area contributed by atoms with Gasteiger partial charge in [0.2, 0.25) is 0 Å². The Morgan fingerprint density at radius 1 is 1.19 bits per heavy atom. The first kappa shape index (κ1) is 14.2. The van der Waals surface area contributed by atoms with Gasteiger partial charge in [0.25, 0.3) is 5.78 Å². The van der Waals surface area contributed by atoms with Crippen LogP contribution in [0.4, 0.5) is 5.82 Å². The van der Waals surface area contributed by atoms with Crippen molar-refractivity contribution in [1.29, 1.82) is 0 Å². The third-order valence-electron chi connectivity index (χ3n) is 4.24. The Hall–Kier alpha value is -1.76. The summed E-state index contributed by atoms with van der Waals surface area (Å²) >= 11 is 0. The summed E-state index contributed by atoms with van der Waals surface area (Å²) in [4.78, 5) is 6.99. The molecule has 2 aromatic rings. The van der Waals surface area contributed by atoms with E-state index in [2.05, 4.69) is 44.6 Å². The normalized spacial score (nSPS) is 14.6. The Kier molecular flexibility index (Phi) is 4.28. The lowest BCUT2D eigenvalue weighted by Gasteiger charge is -2.22. The van der Waals surface area contributed by atoms with Gasteiger partial charge in [-0.2, -0.15) is 4.52 Å². The summed E-state index contributed by atoms with van der Waals surface area (Å²) in [5, 5.41) is 15.4. The fourth-order valence-electron chi connectivity index (χ4n) is 2.97. The quantitative estimate of drug-likeness (QED) is 0.860. The van der Waals surface area contributed by atoms with E-state index in [0.717, 1.165) is 50.5 Å². The smallest absolute Gasteiger partial charge is 0.275 e. The average molecular weight is 289 g/mol. The first-order valence-corrected chi connectivity index (χ1v) is 7.89. The van der Waals surface area contributed by atoms with Crippen molar-refractivity contribution in [2.24, 2.45) is 0 Å². The van der Waals surface area contributed by atoms with Crippen LogP contribution < -0.4 is 5.32 Å². The predicted octanol–water partition coefficient (Wildman–Crippen LogP) is 1.15. The summed E-state index contributed by atoms with van der Waals surface area (Å²) in [5.74, 6) is 1.63. The van der Waals surface area contributed by atoms with Gasteiger partial charge in [0.15, 0.2) is 0 Å². The number of likely N-dealkylation sites (N-methyl/N-ethyl adjacent to an activating group) is 1. The molecule has 3 rings (SSSR count). The monoisotopic (exact) mass is 289 g/mol. The lowest BCUT2D eigenvalue weighted by atomic mass is 9.96. The molecule has 0 fully saturated rings. The van der Waals surface area contributed by atoms with Crippen molar-refractivity contribution in [2.75, 3.05) is 31.5 Å². The Morgan fingerprint density at radius 3 is 2.81 bits per heavy atom. The Morgan fingerprint density at radius 2 is 2.00 bits per heavy atom. The highest BCUT2D eigenvalue weighted by molar-refractivity contribution is 5.53. The number of hydrogen-bond acceptors (Lipinski definition) is 6. The maximum Gasteiger partial charge on any atom is 0.275 e. The molecule has 7 nitrogen and oxygen atoms in total. The molecule has 0 atom stereocenters. The molecule has 0 saturated heterocycles. The van der Waals surface area contributed by atoms with Crippen molar-refractivity contribution in [1.82, 2.24) is 29.9 Å². The van der Waals surface area contributed by atoms with E-state index in [0.29, 0.717) is 5.78 Å². The fourth-order valence-corrected chi connectivity index (χ4v) is 2.97. The Labute approximate surface area is 124 Å². The highest BCUT2D eigenvalue weighted by atomic mass is 15.5. The molecule has 1 aliphatic carbocycles. The molecule has 2 aromatic heterocycles. The van der Waals surface area contributed by atoms with Gasteiger partial charge >= 0.3 is 0 Å². The largest absolute Gasteiger partial charge is 0.368 e.